The maximum Gasteiger partial charge on any atom is 0.224 e. The first-order chi connectivity index (χ1) is 14.7. The zero-order valence-corrected chi connectivity index (χ0v) is 17.4. The molecule has 2 aromatic heterocycles. The van der Waals surface area contributed by atoms with E-state index < -0.39 is 0 Å². The molecule has 3 aromatic rings. The zero-order valence-electron chi connectivity index (χ0n) is 17.4. The van der Waals surface area contributed by atoms with Gasteiger partial charge < -0.3 is 19.3 Å². The van der Waals surface area contributed by atoms with Gasteiger partial charge in [0.05, 0.1) is 35.9 Å². The molecule has 1 aromatic carbocycles. The molecule has 2 aliphatic rings. The van der Waals surface area contributed by atoms with Gasteiger partial charge in [0.15, 0.2) is 0 Å². The molecular weight excluding hydrogens is 380 g/mol. The number of rotatable bonds is 4. The maximum atomic E-state index is 5.89. The van der Waals surface area contributed by atoms with Crippen molar-refractivity contribution in [2.75, 3.05) is 42.6 Å². The lowest BCUT2D eigenvalue weighted by Crippen LogP contribution is -2.47. The minimum Gasteiger partial charge on any atom is -0.474 e. The van der Waals surface area contributed by atoms with Gasteiger partial charge in [0, 0.05) is 43.9 Å². The third-order valence-corrected chi connectivity index (χ3v) is 5.62. The van der Waals surface area contributed by atoms with Crippen molar-refractivity contribution >= 4 is 22.4 Å². The van der Waals surface area contributed by atoms with Gasteiger partial charge in [0.1, 0.15) is 18.5 Å². The summed E-state index contributed by atoms with van der Waals surface area (Å²) in [5, 5.41) is 0.952. The average molecular weight is 406 g/mol. The normalized spacial score (nSPS) is 16.8. The predicted octanol–water partition coefficient (Wildman–Crippen LogP) is 2.61. The van der Waals surface area contributed by atoms with Crippen LogP contribution in [0, 0.1) is 0 Å². The fraction of sp³-hybridized carbons (Fsp3) is 0.455. The number of nitrogens with zero attached hydrogens (tertiary/aromatic N) is 6. The summed E-state index contributed by atoms with van der Waals surface area (Å²) in [5.74, 6) is 1.67. The SMILES string of the molecule is CC(C)Oc1ncnc2ccc(N3CCN(c4ncnc5c4COCC5)CC3)cc12. The quantitative estimate of drug-likeness (QED) is 0.654. The average Bonchev–Trinajstić information content (AvgIpc) is 2.78. The minimum atomic E-state index is 0.0677. The van der Waals surface area contributed by atoms with Gasteiger partial charge in [0.2, 0.25) is 5.88 Å². The molecule has 8 nitrogen and oxygen atoms in total. The molecule has 0 saturated carbocycles. The lowest BCUT2D eigenvalue weighted by atomic mass is 10.1. The van der Waals surface area contributed by atoms with Crippen LogP contribution in [0.5, 0.6) is 5.88 Å². The van der Waals surface area contributed by atoms with Crippen molar-refractivity contribution in [2.24, 2.45) is 0 Å². The van der Waals surface area contributed by atoms with Gasteiger partial charge in [-0.05, 0) is 32.0 Å². The van der Waals surface area contributed by atoms with Gasteiger partial charge in [-0.25, -0.2) is 19.9 Å². The number of benzene rings is 1. The molecule has 0 N–H and O–H groups in total. The van der Waals surface area contributed by atoms with Crippen molar-refractivity contribution in [3.63, 3.8) is 0 Å². The Bertz CT molecular complexity index is 1050. The Morgan fingerprint density at radius 1 is 0.967 bits per heavy atom. The van der Waals surface area contributed by atoms with E-state index in [1.54, 1.807) is 12.7 Å². The second-order valence-corrected chi connectivity index (χ2v) is 7.95. The van der Waals surface area contributed by atoms with E-state index in [-0.39, 0.29) is 6.10 Å². The van der Waals surface area contributed by atoms with E-state index >= 15 is 0 Å². The summed E-state index contributed by atoms with van der Waals surface area (Å²) in [7, 11) is 0. The molecule has 8 heteroatoms. The predicted molar refractivity (Wildman–Crippen MR) is 115 cm³/mol. The van der Waals surface area contributed by atoms with Crippen LogP contribution in [0.1, 0.15) is 25.1 Å². The van der Waals surface area contributed by atoms with E-state index in [9.17, 15) is 0 Å². The minimum absolute atomic E-state index is 0.0677. The summed E-state index contributed by atoms with van der Waals surface area (Å²) in [5.41, 5.74) is 4.34. The van der Waals surface area contributed by atoms with E-state index in [4.69, 9.17) is 9.47 Å². The van der Waals surface area contributed by atoms with Crippen LogP contribution < -0.4 is 14.5 Å². The standard InChI is InChI=1S/C22H26N6O2/c1-15(2)30-22-17-11-16(3-4-19(17)24-14-26-22)27-6-8-28(9-7-27)21-18-12-29-10-5-20(18)23-13-25-21/h3-4,11,13-15H,5-10,12H2,1-2H3. The molecule has 30 heavy (non-hydrogen) atoms. The third-order valence-electron chi connectivity index (χ3n) is 5.62. The van der Waals surface area contributed by atoms with Crippen LogP contribution in [-0.4, -0.2) is 58.8 Å². The molecule has 0 atom stereocenters. The monoisotopic (exact) mass is 406 g/mol. The number of fused-ring (bicyclic) bond motifs is 2. The number of hydrogen-bond acceptors (Lipinski definition) is 8. The first kappa shape index (κ1) is 19.0. The number of anilines is 2. The molecule has 0 spiro atoms. The molecule has 0 bridgehead atoms. The van der Waals surface area contributed by atoms with Gasteiger partial charge >= 0.3 is 0 Å². The van der Waals surface area contributed by atoms with Crippen molar-refractivity contribution < 1.29 is 9.47 Å². The molecule has 2 aliphatic heterocycles. The summed E-state index contributed by atoms with van der Waals surface area (Å²) < 4.78 is 11.6. The number of piperazine rings is 1. The van der Waals surface area contributed by atoms with E-state index in [2.05, 4.69) is 41.9 Å². The van der Waals surface area contributed by atoms with Crippen molar-refractivity contribution in [1.82, 2.24) is 19.9 Å². The number of hydrogen-bond donors (Lipinski definition) is 0. The largest absolute Gasteiger partial charge is 0.474 e. The fourth-order valence-electron chi connectivity index (χ4n) is 4.13. The lowest BCUT2D eigenvalue weighted by Gasteiger charge is -2.38. The Labute approximate surface area is 175 Å². The van der Waals surface area contributed by atoms with E-state index in [1.807, 2.05) is 19.9 Å². The van der Waals surface area contributed by atoms with Crippen LogP contribution in [0.2, 0.25) is 0 Å². The molecule has 0 unspecified atom stereocenters. The summed E-state index contributed by atoms with van der Waals surface area (Å²) in [6.45, 7) is 9.00. The van der Waals surface area contributed by atoms with Gasteiger partial charge in [-0.15, -0.1) is 0 Å². The number of ether oxygens (including phenoxy) is 2. The molecule has 156 valence electrons. The van der Waals surface area contributed by atoms with E-state index in [1.165, 1.54) is 5.69 Å². The lowest BCUT2D eigenvalue weighted by molar-refractivity contribution is 0.109. The van der Waals surface area contributed by atoms with Crippen molar-refractivity contribution in [2.45, 2.75) is 33.0 Å². The van der Waals surface area contributed by atoms with Gasteiger partial charge in [-0.3, -0.25) is 0 Å². The molecular formula is C22H26N6O2. The highest BCUT2D eigenvalue weighted by Gasteiger charge is 2.24. The summed E-state index contributed by atoms with van der Waals surface area (Å²) in [4.78, 5) is 22.5. The molecule has 0 amide bonds. The summed E-state index contributed by atoms with van der Waals surface area (Å²) in [6.07, 6.45) is 4.18. The van der Waals surface area contributed by atoms with Gasteiger partial charge in [-0.2, -0.15) is 0 Å². The van der Waals surface area contributed by atoms with E-state index in [0.29, 0.717) is 12.5 Å². The Morgan fingerprint density at radius 2 is 1.77 bits per heavy atom. The van der Waals surface area contributed by atoms with Gasteiger partial charge in [-0.1, -0.05) is 0 Å². The van der Waals surface area contributed by atoms with Gasteiger partial charge in [0.25, 0.3) is 0 Å². The Balaban J connectivity index is 1.35. The van der Waals surface area contributed by atoms with E-state index in [0.717, 1.165) is 67.2 Å². The Morgan fingerprint density at radius 3 is 2.60 bits per heavy atom. The van der Waals surface area contributed by atoms with Crippen LogP contribution in [-0.2, 0) is 17.8 Å². The molecule has 1 fully saturated rings. The smallest absolute Gasteiger partial charge is 0.224 e. The first-order valence-electron chi connectivity index (χ1n) is 10.5. The molecule has 0 aliphatic carbocycles. The Hall–Kier alpha value is -3.00. The van der Waals surface area contributed by atoms with Crippen LogP contribution in [0.4, 0.5) is 11.5 Å². The van der Waals surface area contributed by atoms with Crippen LogP contribution >= 0.6 is 0 Å². The fourth-order valence-corrected chi connectivity index (χ4v) is 4.13. The van der Waals surface area contributed by atoms with Crippen molar-refractivity contribution in [1.29, 1.82) is 0 Å². The topological polar surface area (TPSA) is 76.5 Å². The molecule has 4 heterocycles. The highest BCUT2D eigenvalue weighted by Crippen LogP contribution is 2.29. The molecule has 1 saturated heterocycles. The van der Waals surface area contributed by atoms with Crippen molar-refractivity contribution in [3.8, 4) is 5.88 Å². The summed E-state index contributed by atoms with van der Waals surface area (Å²) in [6, 6.07) is 6.32. The third kappa shape index (κ3) is 3.63. The second kappa shape index (κ2) is 8.02. The van der Waals surface area contributed by atoms with Crippen molar-refractivity contribution in [3.05, 3.63) is 42.1 Å². The second-order valence-electron chi connectivity index (χ2n) is 7.95. The Kier molecular flexibility index (Phi) is 5.08. The van der Waals surface area contributed by atoms with Crippen LogP contribution in [0.25, 0.3) is 10.9 Å². The maximum absolute atomic E-state index is 5.89. The zero-order chi connectivity index (χ0) is 20.5. The summed E-state index contributed by atoms with van der Waals surface area (Å²) >= 11 is 0. The first-order valence-corrected chi connectivity index (χ1v) is 10.5. The van der Waals surface area contributed by atoms with Crippen LogP contribution in [0.15, 0.2) is 30.9 Å². The van der Waals surface area contributed by atoms with Crippen LogP contribution in [0.3, 0.4) is 0 Å². The highest BCUT2D eigenvalue weighted by molar-refractivity contribution is 5.86. The highest BCUT2D eigenvalue weighted by atomic mass is 16.5. The number of aromatic nitrogens is 4. The molecule has 0 radical (unpaired) electrons. The molecule has 5 rings (SSSR count).